The first-order valence-corrected chi connectivity index (χ1v) is 9.58. The number of carbonyl (C=O) groups is 2. The van der Waals surface area contributed by atoms with E-state index < -0.39 is 24.6 Å². The highest BCUT2D eigenvalue weighted by molar-refractivity contribution is 5.96. The third-order valence-corrected chi connectivity index (χ3v) is 4.29. The second-order valence-electron chi connectivity index (χ2n) is 6.55. The molecule has 32 heavy (non-hydrogen) atoms. The van der Waals surface area contributed by atoms with Crippen molar-refractivity contribution in [3.8, 4) is 23.0 Å². The van der Waals surface area contributed by atoms with Gasteiger partial charge in [-0.2, -0.15) is 8.78 Å². The van der Waals surface area contributed by atoms with Crippen LogP contribution in [0, 0.1) is 0 Å². The number of carbonyl (C=O) groups excluding carboxylic acids is 2. The van der Waals surface area contributed by atoms with E-state index in [1.54, 1.807) is 18.2 Å². The zero-order valence-corrected chi connectivity index (χ0v) is 17.3. The van der Waals surface area contributed by atoms with Crippen LogP contribution >= 0.6 is 0 Å². The van der Waals surface area contributed by atoms with Gasteiger partial charge < -0.3 is 29.0 Å². The summed E-state index contributed by atoms with van der Waals surface area (Å²) in [5, 5.41) is 2.64. The highest BCUT2D eigenvalue weighted by Gasteiger charge is 2.18. The van der Waals surface area contributed by atoms with E-state index in [1.807, 2.05) is 0 Å². The van der Waals surface area contributed by atoms with Gasteiger partial charge in [0.2, 0.25) is 0 Å². The summed E-state index contributed by atoms with van der Waals surface area (Å²) in [6.07, 6.45) is 1.43. The Morgan fingerprint density at radius 1 is 1.06 bits per heavy atom. The highest BCUT2D eigenvalue weighted by atomic mass is 19.3. The number of hydrogen-bond acceptors (Lipinski definition) is 7. The maximum atomic E-state index is 12.4. The first kappa shape index (κ1) is 22.9. The second kappa shape index (κ2) is 10.5. The van der Waals surface area contributed by atoms with E-state index in [0.717, 1.165) is 6.08 Å². The Bertz CT molecular complexity index is 1010. The lowest BCUT2D eigenvalue weighted by atomic mass is 10.2. The fourth-order valence-electron chi connectivity index (χ4n) is 2.78. The number of benzene rings is 2. The zero-order chi connectivity index (χ0) is 23.1. The number of nitrogens with one attached hydrogen (secondary N) is 1. The Balaban J connectivity index is 1.56. The number of anilines is 1. The molecule has 0 fully saturated rings. The van der Waals surface area contributed by atoms with Crippen LogP contribution in [0.5, 0.6) is 23.0 Å². The molecule has 0 radical (unpaired) electrons. The summed E-state index contributed by atoms with van der Waals surface area (Å²) in [6.45, 7) is -0.688. The van der Waals surface area contributed by atoms with Crippen molar-refractivity contribution in [3.05, 3.63) is 48.0 Å². The summed E-state index contributed by atoms with van der Waals surface area (Å²) in [5.41, 5.74) is 0.949. The first-order valence-electron chi connectivity index (χ1n) is 9.58. The van der Waals surface area contributed by atoms with Crippen molar-refractivity contribution in [2.45, 2.75) is 19.6 Å². The predicted molar refractivity (Wildman–Crippen MR) is 110 cm³/mol. The minimum absolute atomic E-state index is 0.0768. The maximum absolute atomic E-state index is 12.4. The van der Waals surface area contributed by atoms with Gasteiger partial charge in [0.05, 0.1) is 7.11 Å². The Kier molecular flexibility index (Phi) is 7.48. The average molecular weight is 449 g/mol. The lowest BCUT2D eigenvalue weighted by Crippen LogP contribution is -2.29. The zero-order valence-electron chi connectivity index (χ0n) is 17.3. The van der Waals surface area contributed by atoms with E-state index in [0.29, 0.717) is 36.0 Å². The van der Waals surface area contributed by atoms with E-state index in [9.17, 15) is 18.4 Å². The van der Waals surface area contributed by atoms with Gasteiger partial charge in [-0.3, -0.25) is 4.79 Å². The van der Waals surface area contributed by atoms with Crippen LogP contribution in [-0.4, -0.2) is 44.9 Å². The molecule has 1 aliphatic heterocycles. The molecular formula is C22H21F2NO7. The van der Waals surface area contributed by atoms with E-state index in [1.165, 1.54) is 38.3 Å². The Hall–Kier alpha value is -3.82. The van der Waals surface area contributed by atoms with Gasteiger partial charge in [0, 0.05) is 17.8 Å². The van der Waals surface area contributed by atoms with Crippen LogP contribution in [0.1, 0.15) is 12.5 Å². The topological polar surface area (TPSA) is 92.3 Å². The van der Waals surface area contributed by atoms with Gasteiger partial charge in [0.15, 0.2) is 29.1 Å². The number of amides is 1. The van der Waals surface area contributed by atoms with E-state index >= 15 is 0 Å². The molecule has 3 rings (SSSR count). The van der Waals surface area contributed by atoms with Crippen LogP contribution in [-0.2, 0) is 14.3 Å². The van der Waals surface area contributed by atoms with Crippen molar-refractivity contribution in [2.24, 2.45) is 0 Å². The number of fused-ring (bicyclic) bond motifs is 1. The average Bonchev–Trinajstić information content (AvgIpc) is 2.77. The molecule has 0 saturated heterocycles. The van der Waals surface area contributed by atoms with Crippen LogP contribution in [0.25, 0.3) is 6.08 Å². The van der Waals surface area contributed by atoms with Gasteiger partial charge in [-0.15, -0.1) is 0 Å². The molecule has 0 bridgehead atoms. The number of hydrogen-bond donors (Lipinski definition) is 1. The summed E-state index contributed by atoms with van der Waals surface area (Å²) in [5.74, 6) is -0.244. The third-order valence-electron chi connectivity index (χ3n) is 4.29. The fraction of sp³-hybridized carbons (Fsp3) is 0.273. The molecule has 2 aromatic rings. The second-order valence-corrected chi connectivity index (χ2v) is 6.55. The molecule has 1 amide bonds. The summed E-state index contributed by atoms with van der Waals surface area (Å²) in [7, 11) is 1.30. The smallest absolute Gasteiger partial charge is 0.387 e. The molecule has 1 heterocycles. The molecule has 170 valence electrons. The maximum Gasteiger partial charge on any atom is 0.387 e. The molecule has 2 aromatic carbocycles. The van der Waals surface area contributed by atoms with Crippen LogP contribution in [0.2, 0.25) is 0 Å². The molecule has 1 aliphatic rings. The number of halogens is 2. The van der Waals surface area contributed by atoms with Crippen LogP contribution in [0.15, 0.2) is 42.5 Å². The molecule has 10 heteroatoms. The minimum atomic E-state index is -2.99. The molecule has 8 nitrogen and oxygen atoms in total. The molecule has 1 atom stereocenters. The standard InChI is InChI=1S/C22H21F2NO7/c1-13(21(27)25-15-5-7-16-19(12-15)30-10-9-29-16)31-20(26)8-4-14-3-6-17(32-22(23)24)18(11-14)28-2/h3-8,11-13,22H,9-10H2,1-2H3,(H,25,27)/b8-4+. The largest absolute Gasteiger partial charge is 0.493 e. The SMILES string of the molecule is COc1cc(/C=C/C(=O)OC(C)C(=O)Nc2ccc3c(c2)OCCO3)ccc1OC(F)F. The van der Waals surface area contributed by atoms with Gasteiger partial charge in [-0.25, -0.2) is 4.79 Å². The molecular weight excluding hydrogens is 428 g/mol. The molecule has 0 aliphatic carbocycles. The van der Waals surface area contributed by atoms with Gasteiger partial charge >= 0.3 is 12.6 Å². The third kappa shape index (κ3) is 6.10. The number of ether oxygens (including phenoxy) is 5. The summed E-state index contributed by atoms with van der Waals surface area (Å²) in [6, 6.07) is 9.11. The van der Waals surface area contributed by atoms with Crippen molar-refractivity contribution in [1.29, 1.82) is 0 Å². The summed E-state index contributed by atoms with van der Waals surface area (Å²) >= 11 is 0. The van der Waals surface area contributed by atoms with Gasteiger partial charge in [-0.1, -0.05) is 6.07 Å². The Labute approximate surface area is 182 Å². The molecule has 1 N–H and O–H groups in total. The van der Waals surface area contributed by atoms with Gasteiger partial charge in [-0.05, 0) is 42.8 Å². The van der Waals surface area contributed by atoms with E-state index in [-0.39, 0.29) is 11.5 Å². The van der Waals surface area contributed by atoms with E-state index in [4.69, 9.17) is 18.9 Å². The van der Waals surface area contributed by atoms with Gasteiger partial charge in [0.25, 0.3) is 5.91 Å². The minimum Gasteiger partial charge on any atom is -0.493 e. The van der Waals surface area contributed by atoms with Crippen LogP contribution in [0.3, 0.4) is 0 Å². The van der Waals surface area contributed by atoms with Crippen molar-refractivity contribution in [2.75, 3.05) is 25.6 Å². The van der Waals surface area contributed by atoms with E-state index in [2.05, 4.69) is 10.1 Å². The molecule has 0 spiro atoms. The van der Waals surface area contributed by atoms with Crippen molar-refractivity contribution in [3.63, 3.8) is 0 Å². The quantitative estimate of drug-likeness (QED) is 0.486. The Morgan fingerprint density at radius 2 is 1.81 bits per heavy atom. The molecule has 0 saturated carbocycles. The van der Waals surface area contributed by atoms with Crippen LogP contribution < -0.4 is 24.3 Å². The fourth-order valence-corrected chi connectivity index (χ4v) is 2.78. The lowest BCUT2D eigenvalue weighted by Gasteiger charge is -2.19. The number of rotatable bonds is 8. The summed E-state index contributed by atoms with van der Waals surface area (Å²) < 4.78 is 50.1. The van der Waals surface area contributed by atoms with Crippen molar-refractivity contribution >= 4 is 23.6 Å². The van der Waals surface area contributed by atoms with Crippen molar-refractivity contribution in [1.82, 2.24) is 0 Å². The first-order chi connectivity index (χ1) is 15.4. The highest BCUT2D eigenvalue weighted by Crippen LogP contribution is 2.33. The molecule has 0 aromatic heterocycles. The Morgan fingerprint density at radius 3 is 2.53 bits per heavy atom. The molecule has 1 unspecified atom stereocenters. The van der Waals surface area contributed by atoms with Crippen LogP contribution in [0.4, 0.5) is 14.5 Å². The summed E-state index contributed by atoms with van der Waals surface area (Å²) in [4.78, 5) is 24.4. The lowest BCUT2D eigenvalue weighted by molar-refractivity contribution is -0.148. The monoisotopic (exact) mass is 449 g/mol. The predicted octanol–water partition coefficient (Wildman–Crippen LogP) is 3.65. The number of methoxy groups -OCH3 is 1. The van der Waals surface area contributed by atoms with Crippen molar-refractivity contribution < 1.29 is 42.1 Å². The van der Waals surface area contributed by atoms with Gasteiger partial charge in [0.1, 0.15) is 13.2 Å². The number of esters is 1. The number of alkyl halides is 2. The normalized spacial score (nSPS) is 13.5.